The van der Waals surface area contributed by atoms with Gasteiger partial charge >= 0.3 is 0 Å². The average Bonchev–Trinajstić information content (AvgIpc) is 3.38. The van der Waals surface area contributed by atoms with Gasteiger partial charge in [0.15, 0.2) is 10.7 Å². The summed E-state index contributed by atoms with van der Waals surface area (Å²) in [6.45, 7) is 3.55. The molecule has 2 atom stereocenters. The lowest BCUT2D eigenvalue weighted by molar-refractivity contribution is -0.0772. The fraction of sp³-hybridized carbons (Fsp3) is 0.522. The molecule has 3 heterocycles. The quantitative estimate of drug-likeness (QED) is 0.475. The molecule has 0 radical (unpaired) electrons. The Bertz CT molecular complexity index is 1280. The van der Waals surface area contributed by atoms with Crippen LogP contribution in [0.2, 0.25) is 5.02 Å². The summed E-state index contributed by atoms with van der Waals surface area (Å²) in [7, 11) is -4.73. The molecule has 2 aliphatic carbocycles. The normalized spacial score (nSPS) is 27.6. The highest BCUT2D eigenvalue weighted by molar-refractivity contribution is 7.92. The van der Waals surface area contributed by atoms with Crippen molar-refractivity contribution in [2.45, 2.75) is 43.0 Å². The van der Waals surface area contributed by atoms with Crippen LogP contribution in [0.3, 0.4) is 0 Å². The number of halogens is 4. The maximum Gasteiger partial charge on any atom is 0.268 e. The molecule has 2 aromatic rings. The molecular formula is C23H24ClF3N4O2S. The zero-order valence-electron chi connectivity index (χ0n) is 18.3. The van der Waals surface area contributed by atoms with Crippen LogP contribution in [0.4, 0.5) is 24.7 Å². The maximum atomic E-state index is 15.2. The smallest absolute Gasteiger partial charge is 0.268 e. The number of pyridine rings is 1. The Morgan fingerprint density at radius 2 is 1.85 bits per heavy atom. The minimum atomic E-state index is -4.73. The SMILES string of the molecule is O=S(=O)(Nc1cccc(F)n1)c1c(F)cc(N2CC[C@@]3(CC[C@H]3N3CC4(CC4)C3)C2)c(Cl)c1F. The number of benzene rings is 1. The highest BCUT2D eigenvalue weighted by atomic mass is 35.5. The second-order valence-electron chi connectivity index (χ2n) is 10.3. The average molecular weight is 513 g/mol. The van der Waals surface area contributed by atoms with Gasteiger partial charge in [-0.2, -0.15) is 4.39 Å². The van der Waals surface area contributed by atoms with Crippen LogP contribution in [0, 0.1) is 28.4 Å². The number of sulfonamides is 1. The van der Waals surface area contributed by atoms with E-state index in [1.54, 1.807) is 0 Å². The Hall–Kier alpha value is -2.04. The van der Waals surface area contributed by atoms with E-state index in [0.717, 1.165) is 44.5 Å². The topological polar surface area (TPSA) is 65.5 Å². The second-order valence-corrected chi connectivity index (χ2v) is 12.3. The lowest BCUT2D eigenvalue weighted by atomic mass is 9.62. The molecule has 34 heavy (non-hydrogen) atoms. The monoisotopic (exact) mass is 512 g/mol. The Labute approximate surface area is 201 Å². The van der Waals surface area contributed by atoms with Crippen molar-refractivity contribution in [2.24, 2.45) is 10.8 Å². The summed E-state index contributed by atoms with van der Waals surface area (Å²) in [4.78, 5) is 6.59. The Balaban J connectivity index is 1.24. The molecule has 11 heteroatoms. The molecule has 2 spiro atoms. The second kappa shape index (κ2) is 7.48. The van der Waals surface area contributed by atoms with Crippen LogP contribution in [0.1, 0.15) is 32.1 Å². The summed E-state index contributed by atoms with van der Waals surface area (Å²) in [5.41, 5.74) is 0.813. The first-order valence-electron chi connectivity index (χ1n) is 11.4. The van der Waals surface area contributed by atoms with Crippen LogP contribution in [-0.4, -0.2) is 50.5 Å². The summed E-state index contributed by atoms with van der Waals surface area (Å²) >= 11 is 6.26. The van der Waals surface area contributed by atoms with E-state index in [1.165, 1.54) is 25.0 Å². The number of rotatable bonds is 5. The number of hydrogen-bond donors (Lipinski definition) is 1. The van der Waals surface area contributed by atoms with Gasteiger partial charge in [0.1, 0.15) is 16.7 Å². The van der Waals surface area contributed by atoms with Crippen LogP contribution < -0.4 is 9.62 Å². The molecule has 1 N–H and O–H groups in total. The highest BCUT2D eigenvalue weighted by Crippen LogP contribution is 2.59. The van der Waals surface area contributed by atoms with E-state index in [1.807, 2.05) is 9.62 Å². The molecule has 2 aliphatic heterocycles. The van der Waals surface area contributed by atoms with Gasteiger partial charge < -0.3 is 4.90 Å². The molecular weight excluding hydrogens is 489 g/mol. The molecule has 1 aromatic carbocycles. The Morgan fingerprint density at radius 3 is 2.50 bits per heavy atom. The zero-order chi connectivity index (χ0) is 23.9. The maximum absolute atomic E-state index is 15.2. The number of nitrogens with zero attached hydrogens (tertiary/aromatic N) is 3. The number of hydrogen-bond acceptors (Lipinski definition) is 5. The van der Waals surface area contributed by atoms with Gasteiger partial charge in [-0.1, -0.05) is 17.7 Å². The number of likely N-dealkylation sites (tertiary alicyclic amines) is 1. The predicted octanol–water partition coefficient (Wildman–Crippen LogP) is 4.41. The lowest BCUT2D eigenvalue weighted by Gasteiger charge is -2.58. The standard InChI is InChI=1S/C23H24ClF3N4O2S/c24-19-15(30-9-8-23(13-30)5-4-16(23)31-11-22(12-31)6-7-22)10-14(25)21(20(19)27)34(32,33)29-18-3-1-2-17(26)28-18/h1-3,10,16H,4-9,11-13H2,(H,28,29)/t16-,23+/m1/s1. The lowest BCUT2D eigenvalue weighted by Crippen LogP contribution is -2.64. The first-order valence-corrected chi connectivity index (χ1v) is 13.3. The molecule has 0 amide bonds. The van der Waals surface area contributed by atoms with Crippen molar-refractivity contribution in [3.05, 3.63) is 46.9 Å². The van der Waals surface area contributed by atoms with Crippen LogP contribution in [0.25, 0.3) is 0 Å². The molecule has 1 aromatic heterocycles. The molecule has 0 bridgehead atoms. The zero-order valence-corrected chi connectivity index (χ0v) is 19.9. The van der Waals surface area contributed by atoms with E-state index in [9.17, 15) is 12.8 Å². The van der Waals surface area contributed by atoms with E-state index in [0.29, 0.717) is 24.5 Å². The van der Waals surface area contributed by atoms with Gasteiger partial charge in [0, 0.05) is 43.7 Å². The van der Waals surface area contributed by atoms with Gasteiger partial charge in [0.05, 0.1) is 5.69 Å². The summed E-state index contributed by atoms with van der Waals surface area (Å²) in [6.07, 6.45) is 5.76. The van der Waals surface area contributed by atoms with Gasteiger partial charge in [-0.3, -0.25) is 9.62 Å². The third kappa shape index (κ3) is 3.48. The van der Waals surface area contributed by atoms with Gasteiger partial charge in [0.2, 0.25) is 5.95 Å². The molecule has 4 fully saturated rings. The fourth-order valence-corrected chi connectivity index (χ4v) is 7.52. The molecule has 0 unspecified atom stereocenters. The van der Waals surface area contributed by atoms with E-state index >= 15 is 8.78 Å². The van der Waals surface area contributed by atoms with E-state index in [2.05, 4.69) is 9.88 Å². The van der Waals surface area contributed by atoms with E-state index in [-0.39, 0.29) is 11.1 Å². The van der Waals surface area contributed by atoms with Crippen LogP contribution in [0.15, 0.2) is 29.2 Å². The first kappa shape index (κ1) is 22.4. The van der Waals surface area contributed by atoms with Crippen molar-refractivity contribution >= 4 is 33.1 Å². The van der Waals surface area contributed by atoms with Gasteiger partial charge in [-0.05, 0) is 49.7 Å². The number of nitrogens with one attached hydrogen (secondary N) is 1. The number of aromatic nitrogens is 1. The number of anilines is 2. The van der Waals surface area contributed by atoms with Crippen LogP contribution in [0.5, 0.6) is 0 Å². The van der Waals surface area contributed by atoms with E-state index < -0.39 is 43.3 Å². The summed E-state index contributed by atoms with van der Waals surface area (Å²) in [5, 5.41) is -0.442. The molecule has 182 valence electrons. The van der Waals surface area contributed by atoms with Gasteiger partial charge in [0.25, 0.3) is 10.0 Å². The Kier molecular flexibility index (Phi) is 4.93. The highest BCUT2D eigenvalue weighted by Gasteiger charge is 2.60. The van der Waals surface area contributed by atoms with Crippen molar-refractivity contribution in [1.82, 2.24) is 9.88 Å². The van der Waals surface area contributed by atoms with Crippen molar-refractivity contribution in [3.8, 4) is 0 Å². The minimum Gasteiger partial charge on any atom is -0.370 e. The van der Waals surface area contributed by atoms with Gasteiger partial charge in [-0.15, -0.1) is 0 Å². The van der Waals surface area contributed by atoms with Crippen LogP contribution >= 0.6 is 11.6 Å². The van der Waals surface area contributed by atoms with Crippen molar-refractivity contribution in [3.63, 3.8) is 0 Å². The largest absolute Gasteiger partial charge is 0.370 e. The molecule has 6 nitrogen and oxygen atoms in total. The summed E-state index contributed by atoms with van der Waals surface area (Å²) in [6, 6.07) is 4.89. The summed E-state index contributed by atoms with van der Waals surface area (Å²) < 4.78 is 70.8. The van der Waals surface area contributed by atoms with E-state index in [4.69, 9.17) is 11.6 Å². The fourth-order valence-electron chi connectivity index (χ4n) is 6.05. The van der Waals surface area contributed by atoms with Crippen LogP contribution in [-0.2, 0) is 10.0 Å². The third-order valence-corrected chi connectivity index (χ3v) is 9.89. The third-order valence-electron chi connectivity index (χ3n) is 8.14. The predicted molar refractivity (Wildman–Crippen MR) is 122 cm³/mol. The molecule has 4 aliphatic rings. The van der Waals surface area contributed by atoms with Gasteiger partial charge in [-0.25, -0.2) is 22.2 Å². The molecule has 2 saturated heterocycles. The molecule has 2 saturated carbocycles. The van der Waals surface area contributed by atoms with Crippen molar-refractivity contribution in [2.75, 3.05) is 35.8 Å². The van der Waals surface area contributed by atoms with Crippen molar-refractivity contribution < 1.29 is 21.6 Å². The Morgan fingerprint density at radius 1 is 1.09 bits per heavy atom. The molecule has 6 rings (SSSR count). The minimum absolute atomic E-state index is 0.0855. The summed E-state index contributed by atoms with van der Waals surface area (Å²) in [5.74, 6) is -3.96. The van der Waals surface area contributed by atoms with Crippen molar-refractivity contribution in [1.29, 1.82) is 0 Å². The first-order chi connectivity index (χ1) is 16.1.